The number of thiophene rings is 1. The number of nitrogens with one attached hydrogen (secondary N) is 1. The summed E-state index contributed by atoms with van der Waals surface area (Å²) < 4.78 is 18.3. The Morgan fingerprint density at radius 3 is 2.70 bits per heavy atom. The van der Waals surface area contributed by atoms with E-state index >= 15 is 0 Å². The van der Waals surface area contributed by atoms with Gasteiger partial charge < -0.3 is 10.1 Å². The van der Waals surface area contributed by atoms with Crippen molar-refractivity contribution in [1.29, 1.82) is 0 Å². The van der Waals surface area contributed by atoms with E-state index in [1.54, 1.807) is 11.3 Å². The summed E-state index contributed by atoms with van der Waals surface area (Å²) in [5.74, 6) is -0.859. The van der Waals surface area contributed by atoms with Gasteiger partial charge in [0.1, 0.15) is 5.82 Å². The van der Waals surface area contributed by atoms with Crippen LogP contribution in [0, 0.1) is 5.82 Å². The van der Waals surface area contributed by atoms with Gasteiger partial charge in [0.15, 0.2) is 0 Å². The van der Waals surface area contributed by atoms with E-state index in [9.17, 15) is 9.18 Å². The number of hydrogen-bond donors (Lipinski definition) is 1. The molecule has 1 aromatic heterocycles. The van der Waals surface area contributed by atoms with E-state index < -0.39 is 5.97 Å². The van der Waals surface area contributed by atoms with E-state index in [1.165, 1.54) is 30.2 Å². The lowest BCUT2D eigenvalue weighted by molar-refractivity contribution is 0.0600. The zero-order valence-corrected chi connectivity index (χ0v) is 12.2. The number of esters is 1. The quantitative estimate of drug-likeness (QED) is 0.851. The molecule has 0 aliphatic rings. The number of methoxy groups -OCH3 is 1. The molecule has 20 heavy (non-hydrogen) atoms. The Bertz CT molecular complexity index is 610. The lowest BCUT2D eigenvalue weighted by Gasteiger charge is -2.08. The molecule has 106 valence electrons. The summed E-state index contributed by atoms with van der Waals surface area (Å²) in [4.78, 5) is 13.8. The van der Waals surface area contributed by atoms with E-state index in [0.717, 1.165) is 11.3 Å². The molecule has 1 aromatic carbocycles. The molecule has 0 aliphatic heterocycles. The Kier molecular flexibility index (Phi) is 4.74. The van der Waals surface area contributed by atoms with Crippen molar-refractivity contribution in [2.45, 2.75) is 19.9 Å². The highest BCUT2D eigenvalue weighted by Gasteiger charge is 2.10. The number of aryl methyl sites for hydroxylation is 1. The van der Waals surface area contributed by atoms with E-state index in [1.807, 2.05) is 6.07 Å². The number of rotatable bonds is 5. The molecule has 5 heteroatoms. The van der Waals surface area contributed by atoms with Gasteiger partial charge in [0.05, 0.1) is 18.4 Å². The minimum absolute atomic E-state index is 0.305. The number of halogens is 1. The van der Waals surface area contributed by atoms with Gasteiger partial charge in [-0.25, -0.2) is 9.18 Å². The van der Waals surface area contributed by atoms with Gasteiger partial charge in [-0.15, -0.1) is 11.3 Å². The molecule has 3 nitrogen and oxygen atoms in total. The third-order valence-corrected chi connectivity index (χ3v) is 4.14. The average molecular weight is 293 g/mol. The van der Waals surface area contributed by atoms with E-state index in [0.29, 0.717) is 17.8 Å². The number of carbonyl (C=O) groups excluding carboxylic acids is 1. The van der Waals surface area contributed by atoms with Gasteiger partial charge in [0.25, 0.3) is 0 Å². The third kappa shape index (κ3) is 3.36. The largest absolute Gasteiger partial charge is 0.465 e. The van der Waals surface area contributed by atoms with Crippen molar-refractivity contribution in [3.8, 4) is 0 Å². The number of hydrogen-bond acceptors (Lipinski definition) is 4. The van der Waals surface area contributed by atoms with Gasteiger partial charge in [-0.3, -0.25) is 0 Å². The van der Waals surface area contributed by atoms with Gasteiger partial charge >= 0.3 is 5.97 Å². The fourth-order valence-electron chi connectivity index (χ4n) is 1.80. The van der Waals surface area contributed by atoms with Crippen LogP contribution in [0.15, 0.2) is 30.3 Å². The maximum atomic E-state index is 13.7. The normalized spacial score (nSPS) is 10.3. The van der Waals surface area contributed by atoms with Crippen LogP contribution in [0.3, 0.4) is 0 Å². The van der Waals surface area contributed by atoms with Crippen LogP contribution >= 0.6 is 11.3 Å². The highest BCUT2D eigenvalue weighted by atomic mass is 32.1. The Balaban J connectivity index is 2.10. The van der Waals surface area contributed by atoms with Gasteiger partial charge in [-0.05, 0) is 36.8 Å². The Labute approximate surface area is 121 Å². The molecule has 0 fully saturated rings. The molecular formula is C15H16FNO2S. The topological polar surface area (TPSA) is 38.3 Å². The van der Waals surface area contributed by atoms with E-state index in [4.69, 9.17) is 0 Å². The zero-order chi connectivity index (χ0) is 14.5. The number of anilines is 1. The monoisotopic (exact) mass is 293 g/mol. The second kappa shape index (κ2) is 6.52. The highest BCUT2D eigenvalue weighted by Crippen LogP contribution is 2.21. The first kappa shape index (κ1) is 14.5. The first-order valence-corrected chi connectivity index (χ1v) is 7.15. The molecule has 0 amide bonds. The van der Waals surface area contributed by atoms with Crippen LogP contribution in [0.25, 0.3) is 0 Å². The van der Waals surface area contributed by atoms with Crippen LogP contribution < -0.4 is 5.32 Å². The standard InChI is InChI=1S/C15H16FNO2S/c1-3-11-5-6-12(20-11)9-17-14-8-10(15(18)19-2)4-7-13(14)16/h4-8,17H,3,9H2,1-2H3. The summed E-state index contributed by atoms with van der Waals surface area (Å²) >= 11 is 1.70. The summed E-state index contributed by atoms with van der Waals surface area (Å²) in [5.41, 5.74) is 0.635. The fourth-order valence-corrected chi connectivity index (χ4v) is 2.69. The van der Waals surface area contributed by atoms with Crippen molar-refractivity contribution >= 4 is 23.0 Å². The molecular weight excluding hydrogens is 277 g/mol. The van der Waals surface area contributed by atoms with Gasteiger partial charge in [-0.1, -0.05) is 6.92 Å². The maximum absolute atomic E-state index is 13.7. The van der Waals surface area contributed by atoms with Crippen molar-refractivity contribution in [3.05, 3.63) is 51.5 Å². The first-order chi connectivity index (χ1) is 9.63. The molecule has 0 spiro atoms. The minimum Gasteiger partial charge on any atom is -0.465 e. The summed E-state index contributed by atoms with van der Waals surface area (Å²) in [7, 11) is 1.30. The van der Waals surface area contributed by atoms with E-state index in [-0.39, 0.29) is 5.82 Å². The van der Waals surface area contributed by atoms with Crippen LogP contribution in [-0.4, -0.2) is 13.1 Å². The summed E-state index contributed by atoms with van der Waals surface area (Å²) in [6, 6.07) is 8.24. The molecule has 0 radical (unpaired) electrons. The third-order valence-electron chi connectivity index (χ3n) is 2.91. The predicted molar refractivity (Wildman–Crippen MR) is 78.8 cm³/mol. The minimum atomic E-state index is -0.475. The Hall–Kier alpha value is -1.88. The molecule has 1 N–H and O–H groups in total. The van der Waals surface area contributed by atoms with Crippen molar-refractivity contribution in [1.82, 2.24) is 0 Å². The maximum Gasteiger partial charge on any atom is 0.337 e. The lowest BCUT2D eigenvalue weighted by atomic mass is 10.2. The molecule has 0 saturated carbocycles. The number of carbonyl (C=O) groups is 1. The molecule has 1 heterocycles. The lowest BCUT2D eigenvalue weighted by Crippen LogP contribution is -2.05. The summed E-state index contributed by atoms with van der Waals surface area (Å²) in [6.45, 7) is 2.63. The summed E-state index contributed by atoms with van der Waals surface area (Å²) in [5, 5.41) is 3.01. The molecule has 2 aromatic rings. The van der Waals surface area contributed by atoms with E-state index in [2.05, 4.69) is 23.0 Å². The van der Waals surface area contributed by atoms with Crippen molar-refractivity contribution < 1.29 is 13.9 Å². The number of benzene rings is 1. The van der Waals surface area contributed by atoms with Crippen molar-refractivity contribution in [2.24, 2.45) is 0 Å². The highest BCUT2D eigenvalue weighted by molar-refractivity contribution is 7.12. The zero-order valence-electron chi connectivity index (χ0n) is 11.4. The van der Waals surface area contributed by atoms with Crippen LogP contribution in [0.5, 0.6) is 0 Å². The molecule has 0 unspecified atom stereocenters. The van der Waals surface area contributed by atoms with Crippen LogP contribution in [-0.2, 0) is 17.7 Å². The molecule has 0 saturated heterocycles. The van der Waals surface area contributed by atoms with Crippen LogP contribution in [0.2, 0.25) is 0 Å². The molecule has 0 atom stereocenters. The van der Waals surface area contributed by atoms with Gasteiger partial charge in [0, 0.05) is 16.3 Å². The Morgan fingerprint density at radius 1 is 1.30 bits per heavy atom. The predicted octanol–water partition coefficient (Wildman–Crippen LogP) is 3.85. The Morgan fingerprint density at radius 2 is 2.05 bits per heavy atom. The van der Waals surface area contributed by atoms with Gasteiger partial charge in [-0.2, -0.15) is 0 Å². The smallest absolute Gasteiger partial charge is 0.337 e. The second-order valence-electron chi connectivity index (χ2n) is 4.26. The number of ether oxygens (including phenoxy) is 1. The molecule has 0 aliphatic carbocycles. The van der Waals surface area contributed by atoms with Crippen LogP contribution in [0.4, 0.5) is 10.1 Å². The second-order valence-corrected chi connectivity index (χ2v) is 5.51. The van der Waals surface area contributed by atoms with Crippen LogP contribution in [0.1, 0.15) is 27.0 Å². The molecule has 2 rings (SSSR count). The van der Waals surface area contributed by atoms with Gasteiger partial charge in [0.2, 0.25) is 0 Å². The SMILES string of the molecule is CCc1ccc(CNc2cc(C(=O)OC)ccc2F)s1. The first-order valence-electron chi connectivity index (χ1n) is 6.33. The average Bonchev–Trinajstić information content (AvgIpc) is 2.93. The molecule has 0 bridgehead atoms. The summed E-state index contributed by atoms with van der Waals surface area (Å²) in [6.07, 6.45) is 0.997. The van der Waals surface area contributed by atoms with Crippen molar-refractivity contribution in [3.63, 3.8) is 0 Å². The fraction of sp³-hybridized carbons (Fsp3) is 0.267. The van der Waals surface area contributed by atoms with Crippen molar-refractivity contribution in [2.75, 3.05) is 12.4 Å².